The highest BCUT2D eigenvalue weighted by atomic mass is 16.5. The summed E-state index contributed by atoms with van der Waals surface area (Å²) in [4.78, 5) is 0. The van der Waals surface area contributed by atoms with Crippen LogP contribution in [0, 0.1) is 0 Å². The molecular weight excluding hydrogens is 160 g/mol. The minimum absolute atomic E-state index is 0.548. The van der Waals surface area contributed by atoms with Gasteiger partial charge in [0.05, 0.1) is 0 Å². The lowest BCUT2D eigenvalue weighted by atomic mass is 10.0. The molecule has 0 atom stereocenters. The quantitative estimate of drug-likeness (QED) is 0.639. The first-order chi connectivity index (χ1) is 6.24. The summed E-state index contributed by atoms with van der Waals surface area (Å²) in [6.07, 6.45) is 1.75. The number of benzene rings is 1. The molecule has 0 N–H and O–H groups in total. The molecule has 0 aliphatic rings. The number of hydrogen-bond donors (Lipinski definition) is 0. The van der Waals surface area contributed by atoms with Crippen LogP contribution >= 0.6 is 0 Å². The average Bonchev–Trinajstić information content (AvgIpc) is 2.15. The van der Waals surface area contributed by atoms with Crippen molar-refractivity contribution in [3.8, 4) is 5.75 Å². The van der Waals surface area contributed by atoms with Gasteiger partial charge in [-0.1, -0.05) is 38.6 Å². The Morgan fingerprint density at radius 1 is 1.46 bits per heavy atom. The van der Waals surface area contributed by atoms with Crippen molar-refractivity contribution in [1.82, 2.24) is 0 Å². The molecule has 0 heterocycles. The summed E-state index contributed by atoms with van der Waals surface area (Å²) in [6.45, 7) is 8.53. The molecule has 0 saturated carbocycles. The Balaban J connectivity index is 2.73. The van der Waals surface area contributed by atoms with Crippen molar-refractivity contribution >= 4 is 0 Å². The van der Waals surface area contributed by atoms with Gasteiger partial charge in [-0.2, -0.15) is 0 Å². The maximum Gasteiger partial charge on any atom is 0.120 e. The van der Waals surface area contributed by atoms with Gasteiger partial charge in [-0.25, -0.2) is 0 Å². The van der Waals surface area contributed by atoms with E-state index in [0.717, 1.165) is 5.75 Å². The topological polar surface area (TPSA) is 9.23 Å². The molecule has 0 saturated heterocycles. The third kappa shape index (κ3) is 2.94. The van der Waals surface area contributed by atoms with E-state index in [4.69, 9.17) is 4.74 Å². The smallest absolute Gasteiger partial charge is 0.120 e. The predicted octanol–water partition coefficient (Wildman–Crippen LogP) is 3.37. The molecule has 1 aromatic rings. The Bertz CT molecular complexity index is 276. The predicted molar refractivity (Wildman–Crippen MR) is 56.2 cm³/mol. The standard InChI is InChI=1S/C12H16O/c1-4-8-13-12-7-5-6-11(9-12)10(2)3/h4-7,9-10H,1,8H2,2-3H3. The van der Waals surface area contributed by atoms with E-state index in [2.05, 4.69) is 32.6 Å². The number of rotatable bonds is 4. The summed E-state index contributed by atoms with van der Waals surface area (Å²) in [7, 11) is 0. The first-order valence-corrected chi connectivity index (χ1v) is 4.57. The second-order valence-electron chi connectivity index (χ2n) is 3.33. The minimum Gasteiger partial charge on any atom is -0.490 e. The van der Waals surface area contributed by atoms with Crippen molar-refractivity contribution in [2.75, 3.05) is 6.61 Å². The molecule has 0 unspecified atom stereocenters. The third-order valence-corrected chi connectivity index (χ3v) is 1.89. The van der Waals surface area contributed by atoms with Gasteiger partial charge < -0.3 is 4.74 Å². The summed E-state index contributed by atoms with van der Waals surface area (Å²) < 4.78 is 5.43. The van der Waals surface area contributed by atoms with Gasteiger partial charge in [-0.3, -0.25) is 0 Å². The molecule has 0 radical (unpaired) electrons. The summed E-state index contributed by atoms with van der Waals surface area (Å²) >= 11 is 0. The van der Waals surface area contributed by atoms with Crippen LogP contribution in [-0.2, 0) is 0 Å². The van der Waals surface area contributed by atoms with E-state index in [9.17, 15) is 0 Å². The fourth-order valence-electron chi connectivity index (χ4n) is 1.12. The summed E-state index contributed by atoms with van der Waals surface area (Å²) in [6, 6.07) is 8.18. The molecule has 1 rings (SSSR count). The van der Waals surface area contributed by atoms with E-state index < -0.39 is 0 Å². The molecule has 0 bridgehead atoms. The van der Waals surface area contributed by atoms with Crippen LogP contribution in [0.2, 0.25) is 0 Å². The van der Waals surface area contributed by atoms with Crippen molar-refractivity contribution < 1.29 is 4.74 Å². The Morgan fingerprint density at radius 3 is 2.85 bits per heavy atom. The van der Waals surface area contributed by atoms with E-state index in [1.165, 1.54) is 5.56 Å². The molecule has 0 spiro atoms. The van der Waals surface area contributed by atoms with Crippen molar-refractivity contribution in [2.45, 2.75) is 19.8 Å². The lowest BCUT2D eigenvalue weighted by Crippen LogP contribution is -1.94. The zero-order chi connectivity index (χ0) is 9.68. The van der Waals surface area contributed by atoms with Crippen molar-refractivity contribution in [3.63, 3.8) is 0 Å². The van der Waals surface area contributed by atoms with Gasteiger partial charge in [-0.15, -0.1) is 0 Å². The molecule has 0 aliphatic heterocycles. The molecule has 0 aromatic heterocycles. The van der Waals surface area contributed by atoms with Gasteiger partial charge in [0.2, 0.25) is 0 Å². The minimum atomic E-state index is 0.548. The van der Waals surface area contributed by atoms with E-state index >= 15 is 0 Å². The van der Waals surface area contributed by atoms with E-state index in [1.807, 2.05) is 12.1 Å². The van der Waals surface area contributed by atoms with Gasteiger partial charge in [-0.05, 0) is 23.6 Å². The first kappa shape index (κ1) is 9.85. The second-order valence-corrected chi connectivity index (χ2v) is 3.33. The van der Waals surface area contributed by atoms with E-state index in [0.29, 0.717) is 12.5 Å². The van der Waals surface area contributed by atoms with Gasteiger partial charge in [0.1, 0.15) is 12.4 Å². The van der Waals surface area contributed by atoms with Crippen LogP contribution in [0.5, 0.6) is 5.75 Å². The molecule has 0 aliphatic carbocycles. The number of ether oxygens (including phenoxy) is 1. The molecule has 1 aromatic carbocycles. The second kappa shape index (κ2) is 4.70. The van der Waals surface area contributed by atoms with Gasteiger partial charge in [0.25, 0.3) is 0 Å². The van der Waals surface area contributed by atoms with Crippen LogP contribution in [0.25, 0.3) is 0 Å². The largest absolute Gasteiger partial charge is 0.490 e. The van der Waals surface area contributed by atoms with Gasteiger partial charge >= 0.3 is 0 Å². The highest BCUT2D eigenvalue weighted by Crippen LogP contribution is 2.19. The SMILES string of the molecule is C=CCOc1cccc(C(C)C)c1. The average molecular weight is 176 g/mol. The van der Waals surface area contributed by atoms with Crippen molar-refractivity contribution in [2.24, 2.45) is 0 Å². The number of hydrogen-bond acceptors (Lipinski definition) is 1. The van der Waals surface area contributed by atoms with Crippen LogP contribution in [0.15, 0.2) is 36.9 Å². The van der Waals surface area contributed by atoms with Gasteiger partial charge in [0, 0.05) is 0 Å². The van der Waals surface area contributed by atoms with Crippen LogP contribution in [-0.4, -0.2) is 6.61 Å². The Hall–Kier alpha value is -1.24. The highest BCUT2D eigenvalue weighted by molar-refractivity contribution is 5.30. The van der Waals surface area contributed by atoms with E-state index in [1.54, 1.807) is 6.08 Å². The molecule has 0 fully saturated rings. The highest BCUT2D eigenvalue weighted by Gasteiger charge is 1.99. The zero-order valence-corrected chi connectivity index (χ0v) is 8.29. The first-order valence-electron chi connectivity index (χ1n) is 4.57. The van der Waals surface area contributed by atoms with E-state index in [-0.39, 0.29) is 0 Å². The maximum absolute atomic E-state index is 5.43. The molecule has 1 heteroatoms. The summed E-state index contributed by atoms with van der Waals surface area (Å²) in [5.74, 6) is 1.47. The lowest BCUT2D eigenvalue weighted by Gasteiger charge is -2.08. The molecule has 13 heavy (non-hydrogen) atoms. The molecular formula is C12H16O. The third-order valence-electron chi connectivity index (χ3n) is 1.89. The Labute approximate surface area is 80.0 Å². The van der Waals surface area contributed by atoms with Crippen LogP contribution < -0.4 is 4.74 Å². The maximum atomic E-state index is 5.43. The van der Waals surface area contributed by atoms with Gasteiger partial charge in [0.15, 0.2) is 0 Å². The fraction of sp³-hybridized carbons (Fsp3) is 0.333. The zero-order valence-electron chi connectivity index (χ0n) is 8.29. The van der Waals surface area contributed by atoms with Crippen LogP contribution in [0.3, 0.4) is 0 Å². The van der Waals surface area contributed by atoms with Crippen molar-refractivity contribution in [3.05, 3.63) is 42.5 Å². The monoisotopic (exact) mass is 176 g/mol. The van der Waals surface area contributed by atoms with Crippen LogP contribution in [0.4, 0.5) is 0 Å². The summed E-state index contributed by atoms with van der Waals surface area (Å²) in [5.41, 5.74) is 1.31. The fourth-order valence-corrected chi connectivity index (χ4v) is 1.12. The van der Waals surface area contributed by atoms with Crippen molar-refractivity contribution in [1.29, 1.82) is 0 Å². The molecule has 70 valence electrons. The Morgan fingerprint density at radius 2 is 2.23 bits per heavy atom. The normalized spacial score (nSPS) is 10.1. The molecule has 0 amide bonds. The molecule has 1 nitrogen and oxygen atoms in total. The Kier molecular flexibility index (Phi) is 3.56. The van der Waals surface area contributed by atoms with Crippen LogP contribution in [0.1, 0.15) is 25.3 Å². The lowest BCUT2D eigenvalue weighted by molar-refractivity contribution is 0.362. The summed E-state index contributed by atoms with van der Waals surface area (Å²) in [5, 5.41) is 0.